The lowest BCUT2D eigenvalue weighted by Crippen LogP contribution is -2.12. The Bertz CT molecular complexity index is 793. The van der Waals surface area contributed by atoms with Crippen LogP contribution in [-0.2, 0) is 0 Å². The monoisotopic (exact) mass is 280 g/mol. The van der Waals surface area contributed by atoms with Crippen LogP contribution in [0.25, 0.3) is 22.4 Å². The number of carbonyl (C=O) groups is 1. The molecule has 0 fully saturated rings. The lowest BCUT2D eigenvalue weighted by Gasteiger charge is -2.04. The zero-order valence-corrected chi connectivity index (χ0v) is 10.9. The molecule has 0 radical (unpaired) electrons. The van der Waals surface area contributed by atoms with E-state index in [-0.39, 0.29) is 11.4 Å². The van der Waals surface area contributed by atoms with Crippen molar-refractivity contribution in [2.45, 2.75) is 0 Å². The van der Waals surface area contributed by atoms with Gasteiger partial charge in [0.2, 0.25) is 0 Å². The summed E-state index contributed by atoms with van der Waals surface area (Å²) < 4.78 is 0. The highest BCUT2D eigenvalue weighted by molar-refractivity contribution is 5.96. The molecule has 0 spiro atoms. The summed E-state index contributed by atoms with van der Waals surface area (Å²) in [6.45, 7) is 0. The Morgan fingerprint density at radius 1 is 1.00 bits per heavy atom. The van der Waals surface area contributed by atoms with E-state index in [1.54, 1.807) is 18.2 Å². The molecule has 6 nitrogen and oxygen atoms in total. The summed E-state index contributed by atoms with van der Waals surface area (Å²) in [4.78, 5) is 11.3. The lowest BCUT2D eigenvalue weighted by molar-refractivity contribution is 0.0996. The molecule has 1 heterocycles. The number of rotatable bonds is 3. The second-order valence-corrected chi connectivity index (χ2v) is 4.51. The first-order valence-electron chi connectivity index (χ1n) is 6.25. The molecular formula is C15H12N4O2. The molecule has 0 saturated heterocycles. The van der Waals surface area contributed by atoms with E-state index in [1.807, 2.05) is 30.3 Å². The third-order valence-corrected chi connectivity index (χ3v) is 3.12. The molecule has 2 aromatic carbocycles. The van der Waals surface area contributed by atoms with E-state index < -0.39 is 5.91 Å². The van der Waals surface area contributed by atoms with Crippen molar-refractivity contribution in [3.63, 3.8) is 0 Å². The molecule has 0 aliphatic carbocycles. The fourth-order valence-electron chi connectivity index (χ4n) is 2.11. The van der Waals surface area contributed by atoms with Crippen LogP contribution in [0.4, 0.5) is 0 Å². The minimum atomic E-state index is -0.629. The van der Waals surface area contributed by atoms with Crippen molar-refractivity contribution < 1.29 is 9.90 Å². The molecule has 104 valence electrons. The summed E-state index contributed by atoms with van der Waals surface area (Å²) in [5, 5.41) is 19.6. The minimum absolute atomic E-state index is 0.111. The van der Waals surface area contributed by atoms with Crippen molar-refractivity contribution in [1.29, 1.82) is 0 Å². The lowest BCUT2D eigenvalue weighted by atomic mass is 10.0. The summed E-state index contributed by atoms with van der Waals surface area (Å²) >= 11 is 0. The van der Waals surface area contributed by atoms with E-state index in [4.69, 9.17) is 5.73 Å². The summed E-state index contributed by atoms with van der Waals surface area (Å²) in [5.74, 6) is -0.417. The highest BCUT2D eigenvalue weighted by Gasteiger charge is 2.14. The van der Waals surface area contributed by atoms with Crippen LogP contribution < -0.4 is 5.73 Å². The summed E-state index contributed by atoms with van der Waals surface area (Å²) in [7, 11) is 0. The quantitative estimate of drug-likeness (QED) is 0.681. The van der Waals surface area contributed by atoms with Gasteiger partial charge in [-0.05, 0) is 23.3 Å². The van der Waals surface area contributed by atoms with E-state index in [9.17, 15) is 9.90 Å². The number of aromatic nitrogens is 3. The third kappa shape index (κ3) is 2.46. The highest BCUT2D eigenvalue weighted by atomic mass is 16.3. The predicted octanol–water partition coefficient (Wildman–Crippen LogP) is 1.94. The maximum Gasteiger partial charge on any atom is 0.271 e. The summed E-state index contributed by atoms with van der Waals surface area (Å²) in [6, 6.07) is 14.4. The molecule has 0 aliphatic heterocycles. The van der Waals surface area contributed by atoms with Gasteiger partial charge in [-0.25, -0.2) is 0 Å². The number of hydrogen-bond acceptors (Lipinski definition) is 4. The van der Waals surface area contributed by atoms with Gasteiger partial charge in [0.1, 0.15) is 11.4 Å². The van der Waals surface area contributed by atoms with Gasteiger partial charge in [-0.3, -0.25) is 4.79 Å². The first-order chi connectivity index (χ1) is 10.1. The standard InChI is InChI=1S/C15H12N4O2/c16-15(21)14-13(17-19-18-14)10-6-4-9(5-7-10)11-2-1-3-12(20)8-11/h1-8,20H,(H2,16,21)(H,17,18,19). The van der Waals surface area contributed by atoms with Gasteiger partial charge >= 0.3 is 0 Å². The molecule has 0 saturated carbocycles. The normalized spacial score (nSPS) is 10.5. The van der Waals surface area contributed by atoms with Crippen molar-refractivity contribution >= 4 is 5.91 Å². The Morgan fingerprint density at radius 3 is 2.38 bits per heavy atom. The van der Waals surface area contributed by atoms with Crippen molar-refractivity contribution in [2.75, 3.05) is 0 Å². The first-order valence-corrected chi connectivity index (χ1v) is 6.25. The van der Waals surface area contributed by atoms with E-state index in [2.05, 4.69) is 15.4 Å². The van der Waals surface area contributed by atoms with Crippen LogP contribution >= 0.6 is 0 Å². The third-order valence-electron chi connectivity index (χ3n) is 3.12. The zero-order chi connectivity index (χ0) is 14.8. The number of aromatic hydroxyl groups is 1. The fourth-order valence-corrected chi connectivity index (χ4v) is 2.11. The molecule has 1 aromatic heterocycles. The van der Waals surface area contributed by atoms with Crippen LogP contribution in [-0.4, -0.2) is 26.4 Å². The number of primary amides is 1. The van der Waals surface area contributed by atoms with E-state index in [1.165, 1.54) is 0 Å². The maximum atomic E-state index is 11.3. The smallest absolute Gasteiger partial charge is 0.271 e. The number of nitrogens with one attached hydrogen (secondary N) is 1. The Morgan fingerprint density at radius 2 is 1.71 bits per heavy atom. The SMILES string of the molecule is NC(=O)c1n[nH]nc1-c1ccc(-c2cccc(O)c2)cc1. The minimum Gasteiger partial charge on any atom is -0.508 e. The Kier molecular flexibility index (Phi) is 3.12. The van der Waals surface area contributed by atoms with Gasteiger partial charge in [-0.15, -0.1) is 0 Å². The molecule has 0 aliphatic rings. The number of hydrogen-bond donors (Lipinski definition) is 3. The number of H-pyrrole nitrogens is 1. The van der Waals surface area contributed by atoms with Crippen LogP contribution in [0.2, 0.25) is 0 Å². The van der Waals surface area contributed by atoms with Crippen molar-refractivity contribution in [1.82, 2.24) is 15.4 Å². The Hall–Kier alpha value is -3.15. The van der Waals surface area contributed by atoms with Gasteiger partial charge < -0.3 is 10.8 Å². The summed E-state index contributed by atoms with van der Waals surface area (Å²) in [5.41, 5.74) is 8.36. The van der Waals surface area contributed by atoms with Gasteiger partial charge in [-0.2, -0.15) is 15.4 Å². The van der Waals surface area contributed by atoms with Crippen LogP contribution in [0.3, 0.4) is 0 Å². The van der Waals surface area contributed by atoms with Crippen molar-refractivity contribution in [3.05, 3.63) is 54.2 Å². The number of phenols is 1. The van der Waals surface area contributed by atoms with Crippen LogP contribution in [0.15, 0.2) is 48.5 Å². The van der Waals surface area contributed by atoms with E-state index in [0.29, 0.717) is 5.69 Å². The number of nitrogens with two attached hydrogens (primary N) is 1. The Balaban J connectivity index is 1.98. The van der Waals surface area contributed by atoms with Crippen molar-refractivity contribution in [2.24, 2.45) is 5.73 Å². The predicted molar refractivity (Wildman–Crippen MR) is 77.4 cm³/mol. The zero-order valence-electron chi connectivity index (χ0n) is 10.9. The highest BCUT2D eigenvalue weighted by Crippen LogP contribution is 2.26. The molecular weight excluding hydrogens is 268 g/mol. The Labute approximate surface area is 120 Å². The molecule has 1 amide bonds. The number of amides is 1. The summed E-state index contributed by atoms with van der Waals surface area (Å²) in [6.07, 6.45) is 0. The second kappa shape index (κ2) is 5.09. The fraction of sp³-hybridized carbons (Fsp3) is 0. The van der Waals surface area contributed by atoms with Gasteiger partial charge in [0.25, 0.3) is 5.91 Å². The second-order valence-electron chi connectivity index (χ2n) is 4.51. The largest absolute Gasteiger partial charge is 0.508 e. The number of carbonyl (C=O) groups excluding carboxylic acids is 1. The number of nitrogens with zero attached hydrogens (tertiary/aromatic N) is 2. The molecule has 3 rings (SSSR count). The molecule has 4 N–H and O–H groups in total. The topological polar surface area (TPSA) is 105 Å². The average molecular weight is 280 g/mol. The molecule has 0 bridgehead atoms. The molecule has 0 atom stereocenters. The number of aromatic amines is 1. The molecule has 0 unspecified atom stereocenters. The van der Waals surface area contributed by atoms with Gasteiger partial charge in [0.05, 0.1) is 0 Å². The van der Waals surface area contributed by atoms with Crippen LogP contribution in [0.5, 0.6) is 5.75 Å². The van der Waals surface area contributed by atoms with Crippen LogP contribution in [0, 0.1) is 0 Å². The maximum absolute atomic E-state index is 11.3. The number of benzene rings is 2. The average Bonchev–Trinajstić information content (AvgIpc) is 2.97. The molecule has 21 heavy (non-hydrogen) atoms. The van der Waals surface area contributed by atoms with Gasteiger partial charge in [0.15, 0.2) is 5.69 Å². The van der Waals surface area contributed by atoms with E-state index in [0.717, 1.165) is 16.7 Å². The van der Waals surface area contributed by atoms with Crippen LogP contribution in [0.1, 0.15) is 10.5 Å². The van der Waals surface area contributed by atoms with Crippen molar-refractivity contribution in [3.8, 4) is 28.1 Å². The van der Waals surface area contributed by atoms with E-state index >= 15 is 0 Å². The molecule has 6 heteroatoms. The van der Waals surface area contributed by atoms with Gasteiger partial charge in [0, 0.05) is 5.56 Å². The van der Waals surface area contributed by atoms with Gasteiger partial charge in [-0.1, -0.05) is 36.4 Å². The first kappa shape index (κ1) is 12.9. The molecule has 3 aromatic rings. The number of phenolic OH excluding ortho intramolecular Hbond substituents is 1.